The van der Waals surface area contributed by atoms with Gasteiger partial charge in [-0.2, -0.15) is 4.31 Å². The maximum atomic E-state index is 13.3. The molecule has 2 rings (SSSR count). The second-order valence-corrected chi connectivity index (χ2v) is 6.38. The first-order valence-corrected chi connectivity index (χ1v) is 6.90. The van der Waals surface area contributed by atoms with Gasteiger partial charge in [0.25, 0.3) is 0 Å². The molecule has 1 unspecified atom stereocenters. The number of anilines is 1. The van der Waals surface area contributed by atoms with Gasteiger partial charge in [0, 0.05) is 13.1 Å². The van der Waals surface area contributed by atoms with Crippen LogP contribution in [-0.2, 0) is 10.0 Å². The van der Waals surface area contributed by atoms with Crippen LogP contribution in [-0.4, -0.2) is 25.8 Å². The van der Waals surface area contributed by atoms with E-state index in [-0.39, 0.29) is 10.6 Å². The molecule has 1 fully saturated rings. The molecule has 0 bridgehead atoms. The average molecular weight is 258 g/mol. The van der Waals surface area contributed by atoms with E-state index in [0.717, 1.165) is 12.5 Å². The van der Waals surface area contributed by atoms with E-state index in [2.05, 4.69) is 0 Å². The van der Waals surface area contributed by atoms with E-state index in [1.54, 1.807) is 0 Å². The molecule has 4 nitrogen and oxygen atoms in total. The van der Waals surface area contributed by atoms with Crippen molar-refractivity contribution in [2.45, 2.75) is 18.2 Å². The van der Waals surface area contributed by atoms with E-state index >= 15 is 0 Å². The average Bonchev–Trinajstić information content (AvgIpc) is 2.69. The SMILES string of the molecule is CC1CCN(S(=O)(=O)c2ccc(N)c(F)c2)C1. The number of nitrogen functional groups attached to an aromatic ring is 1. The summed E-state index contributed by atoms with van der Waals surface area (Å²) in [7, 11) is -3.57. The van der Waals surface area contributed by atoms with Gasteiger partial charge in [-0.15, -0.1) is 0 Å². The Bertz CT molecular complexity index is 530. The summed E-state index contributed by atoms with van der Waals surface area (Å²) < 4.78 is 39.0. The Morgan fingerprint density at radius 3 is 2.71 bits per heavy atom. The van der Waals surface area contributed by atoms with Crippen molar-refractivity contribution >= 4 is 15.7 Å². The minimum atomic E-state index is -3.57. The first-order chi connectivity index (χ1) is 7.91. The van der Waals surface area contributed by atoms with Crippen molar-refractivity contribution in [3.8, 4) is 0 Å². The molecule has 1 aliphatic heterocycles. The van der Waals surface area contributed by atoms with Crippen molar-refractivity contribution < 1.29 is 12.8 Å². The molecule has 2 N–H and O–H groups in total. The normalized spacial score (nSPS) is 21.9. The van der Waals surface area contributed by atoms with Gasteiger partial charge in [0.2, 0.25) is 10.0 Å². The van der Waals surface area contributed by atoms with Crippen LogP contribution in [0.1, 0.15) is 13.3 Å². The standard InChI is InChI=1S/C11H15FN2O2S/c1-8-4-5-14(7-8)17(15,16)9-2-3-11(13)10(12)6-9/h2-3,6,8H,4-5,7,13H2,1H3. The molecular weight excluding hydrogens is 243 g/mol. The Morgan fingerprint density at radius 1 is 1.47 bits per heavy atom. The Labute approximate surface area is 100 Å². The van der Waals surface area contributed by atoms with Crippen LogP contribution in [0, 0.1) is 11.7 Å². The first-order valence-electron chi connectivity index (χ1n) is 5.46. The molecule has 6 heteroatoms. The fourth-order valence-corrected chi connectivity index (χ4v) is 3.52. The Balaban J connectivity index is 2.35. The molecule has 1 aromatic rings. The number of nitrogens with two attached hydrogens (primary N) is 1. The molecule has 1 aliphatic rings. The summed E-state index contributed by atoms with van der Waals surface area (Å²) in [6.45, 7) is 2.99. The summed E-state index contributed by atoms with van der Waals surface area (Å²) in [4.78, 5) is -0.0294. The van der Waals surface area contributed by atoms with E-state index in [4.69, 9.17) is 5.73 Å². The third-order valence-electron chi connectivity index (χ3n) is 3.00. The van der Waals surface area contributed by atoms with Gasteiger partial charge in [0.15, 0.2) is 0 Å². The van der Waals surface area contributed by atoms with Crippen LogP contribution in [0.3, 0.4) is 0 Å². The van der Waals surface area contributed by atoms with Gasteiger partial charge in [-0.3, -0.25) is 0 Å². The molecule has 1 heterocycles. The van der Waals surface area contributed by atoms with E-state index in [0.29, 0.717) is 19.0 Å². The molecule has 94 valence electrons. The lowest BCUT2D eigenvalue weighted by Crippen LogP contribution is -2.28. The summed E-state index contributed by atoms with van der Waals surface area (Å²) in [6, 6.07) is 3.60. The fraction of sp³-hybridized carbons (Fsp3) is 0.455. The van der Waals surface area contributed by atoms with Gasteiger partial charge < -0.3 is 5.73 Å². The van der Waals surface area contributed by atoms with Crippen LogP contribution in [0.5, 0.6) is 0 Å². The summed E-state index contributed by atoms with van der Waals surface area (Å²) in [5.74, 6) is -0.346. The highest BCUT2D eigenvalue weighted by molar-refractivity contribution is 7.89. The predicted octanol–water partition coefficient (Wildman–Crippen LogP) is 1.44. The molecule has 0 aliphatic carbocycles. The number of halogens is 1. The zero-order chi connectivity index (χ0) is 12.6. The van der Waals surface area contributed by atoms with Crippen molar-refractivity contribution in [2.75, 3.05) is 18.8 Å². The van der Waals surface area contributed by atoms with Crippen molar-refractivity contribution in [1.82, 2.24) is 4.31 Å². The van der Waals surface area contributed by atoms with Crippen LogP contribution in [0.25, 0.3) is 0 Å². The largest absolute Gasteiger partial charge is 0.396 e. The van der Waals surface area contributed by atoms with Crippen molar-refractivity contribution in [2.24, 2.45) is 5.92 Å². The lowest BCUT2D eigenvalue weighted by Gasteiger charge is -2.16. The minimum absolute atomic E-state index is 0.0294. The minimum Gasteiger partial charge on any atom is -0.396 e. The second-order valence-electron chi connectivity index (χ2n) is 4.44. The van der Waals surface area contributed by atoms with Gasteiger partial charge in [-0.1, -0.05) is 6.92 Å². The molecule has 0 amide bonds. The van der Waals surface area contributed by atoms with Crippen LogP contribution in [0.2, 0.25) is 0 Å². The summed E-state index contributed by atoms with van der Waals surface area (Å²) in [5, 5.41) is 0. The van der Waals surface area contributed by atoms with Crippen molar-refractivity contribution in [3.63, 3.8) is 0 Å². The number of hydrogen-bond donors (Lipinski definition) is 1. The maximum Gasteiger partial charge on any atom is 0.243 e. The molecule has 1 aromatic carbocycles. The molecule has 0 spiro atoms. The van der Waals surface area contributed by atoms with E-state index in [1.165, 1.54) is 16.4 Å². The third kappa shape index (κ3) is 2.28. The topological polar surface area (TPSA) is 63.4 Å². The lowest BCUT2D eigenvalue weighted by atomic mass is 10.2. The Morgan fingerprint density at radius 2 is 2.18 bits per heavy atom. The molecule has 1 atom stereocenters. The number of sulfonamides is 1. The van der Waals surface area contributed by atoms with Gasteiger partial charge in [-0.25, -0.2) is 12.8 Å². The lowest BCUT2D eigenvalue weighted by molar-refractivity contribution is 0.464. The van der Waals surface area contributed by atoms with Gasteiger partial charge in [-0.05, 0) is 30.5 Å². The van der Waals surface area contributed by atoms with Crippen molar-refractivity contribution in [1.29, 1.82) is 0 Å². The van der Waals surface area contributed by atoms with E-state index in [9.17, 15) is 12.8 Å². The zero-order valence-corrected chi connectivity index (χ0v) is 10.4. The number of nitrogens with zero attached hydrogens (tertiary/aromatic N) is 1. The predicted molar refractivity (Wildman–Crippen MR) is 63.4 cm³/mol. The highest BCUT2D eigenvalue weighted by Gasteiger charge is 2.30. The Kier molecular flexibility index (Phi) is 3.09. The van der Waals surface area contributed by atoms with Gasteiger partial charge in [0.1, 0.15) is 5.82 Å². The zero-order valence-electron chi connectivity index (χ0n) is 9.56. The number of rotatable bonds is 2. The molecule has 0 radical (unpaired) electrons. The second kappa shape index (κ2) is 4.27. The summed E-state index contributed by atoms with van der Waals surface area (Å²) in [5.41, 5.74) is 5.28. The van der Waals surface area contributed by atoms with Crippen LogP contribution in [0.15, 0.2) is 23.1 Å². The maximum absolute atomic E-state index is 13.3. The smallest absolute Gasteiger partial charge is 0.243 e. The van der Waals surface area contributed by atoms with Gasteiger partial charge in [0.05, 0.1) is 10.6 Å². The highest BCUT2D eigenvalue weighted by atomic mass is 32.2. The molecular formula is C11H15FN2O2S. The van der Waals surface area contributed by atoms with Gasteiger partial charge >= 0.3 is 0 Å². The van der Waals surface area contributed by atoms with Crippen LogP contribution >= 0.6 is 0 Å². The quantitative estimate of drug-likeness (QED) is 0.816. The molecule has 17 heavy (non-hydrogen) atoms. The third-order valence-corrected chi connectivity index (χ3v) is 4.86. The molecule has 0 aromatic heterocycles. The number of hydrogen-bond acceptors (Lipinski definition) is 3. The van der Waals surface area contributed by atoms with E-state index < -0.39 is 15.8 Å². The molecule has 1 saturated heterocycles. The number of benzene rings is 1. The first kappa shape index (κ1) is 12.3. The van der Waals surface area contributed by atoms with Crippen LogP contribution < -0.4 is 5.73 Å². The fourth-order valence-electron chi connectivity index (χ4n) is 1.93. The van der Waals surface area contributed by atoms with E-state index in [1.807, 2.05) is 6.92 Å². The molecule has 0 saturated carbocycles. The van der Waals surface area contributed by atoms with Crippen molar-refractivity contribution in [3.05, 3.63) is 24.0 Å². The Hall–Kier alpha value is -1.14. The van der Waals surface area contributed by atoms with Crippen LogP contribution in [0.4, 0.5) is 10.1 Å². The highest BCUT2D eigenvalue weighted by Crippen LogP contribution is 2.25. The monoisotopic (exact) mass is 258 g/mol. The summed E-state index contributed by atoms with van der Waals surface area (Å²) in [6.07, 6.45) is 0.844. The summed E-state index contributed by atoms with van der Waals surface area (Å²) >= 11 is 0.